The van der Waals surface area contributed by atoms with E-state index in [9.17, 15) is 9.50 Å². The van der Waals surface area contributed by atoms with E-state index in [0.717, 1.165) is 53.7 Å². The first kappa shape index (κ1) is 19.0. The van der Waals surface area contributed by atoms with Gasteiger partial charge in [0.2, 0.25) is 0 Å². The fourth-order valence-electron chi connectivity index (χ4n) is 4.23. The monoisotopic (exact) mass is 377 g/mol. The fourth-order valence-corrected chi connectivity index (χ4v) is 4.23. The van der Waals surface area contributed by atoms with Crippen molar-refractivity contribution < 1.29 is 9.50 Å². The van der Waals surface area contributed by atoms with Crippen LogP contribution in [0.25, 0.3) is 22.2 Å². The van der Waals surface area contributed by atoms with E-state index in [-0.39, 0.29) is 11.9 Å². The summed E-state index contributed by atoms with van der Waals surface area (Å²) in [5.41, 5.74) is 3.36. The molecule has 2 aromatic carbocycles. The van der Waals surface area contributed by atoms with Crippen LogP contribution in [0, 0.1) is 11.7 Å². The zero-order valence-electron chi connectivity index (χ0n) is 16.4. The number of halogens is 1. The van der Waals surface area contributed by atoms with Gasteiger partial charge in [0.1, 0.15) is 5.82 Å². The van der Waals surface area contributed by atoms with Crippen LogP contribution in [-0.4, -0.2) is 34.1 Å². The van der Waals surface area contributed by atoms with Gasteiger partial charge in [-0.3, -0.25) is 4.90 Å². The highest BCUT2D eigenvalue weighted by Crippen LogP contribution is 2.35. The molecule has 3 nitrogen and oxygen atoms in total. The van der Waals surface area contributed by atoms with Crippen LogP contribution in [-0.2, 0) is 0 Å². The third kappa shape index (κ3) is 3.80. The number of benzene rings is 2. The summed E-state index contributed by atoms with van der Waals surface area (Å²) in [6.45, 7) is 6.20. The van der Waals surface area contributed by atoms with Gasteiger partial charge in [0.25, 0.3) is 0 Å². The van der Waals surface area contributed by atoms with Crippen molar-refractivity contribution in [2.24, 2.45) is 0 Å². The average Bonchev–Trinajstić information content (AvgIpc) is 3.14. The Kier molecular flexibility index (Phi) is 5.42. The predicted octanol–water partition coefficient (Wildman–Crippen LogP) is 5.15. The lowest BCUT2D eigenvalue weighted by atomic mass is 9.94. The number of fused-ring (bicyclic) bond motifs is 1. The molecular weight excluding hydrogens is 351 g/mol. The maximum Gasteiger partial charge on any atom is 0.123 e. The van der Waals surface area contributed by atoms with Crippen molar-refractivity contribution in [2.75, 3.05) is 13.1 Å². The molecule has 0 amide bonds. The van der Waals surface area contributed by atoms with E-state index >= 15 is 0 Å². The molecular formula is C24H26FN2O. The number of aliphatic hydroxyl groups excluding tert-OH is 1. The summed E-state index contributed by atoms with van der Waals surface area (Å²) < 4.78 is 13.3. The Hall–Kier alpha value is -2.30. The lowest BCUT2D eigenvalue weighted by Crippen LogP contribution is -2.36. The quantitative estimate of drug-likeness (QED) is 0.668. The SMILES string of the molecule is C[C](C)CN1CCCC1C(O)c1cc(-c2ccc(F)cc2)nc2ccccc12. The van der Waals surface area contributed by atoms with Gasteiger partial charge in [-0.2, -0.15) is 0 Å². The van der Waals surface area contributed by atoms with Crippen LogP contribution >= 0.6 is 0 Å². The minimum Gasteiger partial charge on any atom is -0.387 e. The molecule has 1 N–H and O–H groups in total. The summed E-state index contributed by atoms with van der Waals surface area (Å²) in [5.74, 6) is 1.09. The van der Waals surface area contributed by atoms with Crippen LogP contribution < -0.4 is 0 Å². The lowest BCUT2D eigenvalue weighted by molar-refractivity contribution is 0.0761. The first-order valence-electron chi connectivity index (χ1n) is 9.89. The summed E-state index contributed by atoms with van der Waals surface area (Å²) in [7, 11) is 0. The first-order chi connectivity index (χ1) is 13.5. The molecule has 0 saturated carbocycles. The number of pyridine rings is 1. The van der Waals surface area contributed by atoms with E-state index in [2.05, 4.69) is 18.7 Å². The topological polar surface area (TPSA) is 36.4 Å². The Bertz CT molecular complexity index is 954. The molecule has 4 heteroatoms. The Labute approximate surface area is 165 Å². The Morgan fingerprint density at radius 2 is 1.93 bits per heavy atom. The molecule has 145 valence electrons. The van der Waals surface area contributed by atoms with Crippen molar-refractivity contribution in [3.8, 4) is 11.3 Å². The normalized spacial score (nSPS) is 18.8. The minimum atomic E-state index is -0.589. The van der Waals surface area contributed by atoms with E-state index in [0.29, 0.717) is 0 Å². The van der Waals surface area contributed by atoms with Gasteiger partial charge in [0, 0.05) is 23.5 Å². The molecule has 1 saturated heterocycles. The van der Waals surface area contributed by atoms with Crippen molar-refractivity contribution in [1.29, 1.82) is 0 Å². The number of nitrogens with zero attached hydrogens (tertiary/aromatic N) is 2. The molecule has 3 aromatic rings. The minimum absolute atomic E-state index is 0.0989. The zero-order chi connectivity index (χ0) is 19.7. The number of aromatic nitrogens is 1. The highest BCUT2D eigenvalue weighted by Gasteiger charge is 2.32. The summed E-state index contributed by atoms with van der Waals surface area (Å²) in [6, 6.07) is 16.4. The van der Waals surface area contributed by atoms with Gasteiger partial charge < -0.3 is 5.11 Å². The van der Waals surface area contributed by atoms with Crippen LogP contribution in [0.1, 0.15) is 38.4 Å². The highest BCUT2D eigenvalue weighted by molar-refractivity contribution is 5.85. The number of aliphatic hydroxyl groups is 1. The second-order valence-electron chi connectivity index (χ2n) is 7.95. The molecule has 0 bridgehead atoms. The van der Waals surface area contributed by atoms with Crippen molar-refractivity contribution in [3.63, 3.8) is 0 Å². The van der Waals surface area contributed by atoms with E-state index in [1.807, 2.05) is 30.3 Å². The summed E-state index contributed by atoms with van der Waals surface area (Å²) in [4.78, 5) is 7.14. The van der Waals surface area contributed by atoms with E-state index in [4.69, 9.17) is 4.98 Å². The largest absolute Gasteiger partial charge is 0.387 e. The van der Waals surface area contributed by atoms with Gasteiger partial charge in [-0.25, -0.2) is 9.37 Å². The number of para-hydroxylation sites is 1. The molecule has 1 aliphatic rings. The van der Waals surface area contributed by atoms with Crippen LogP contribution in [0.4, 0.5) is 4.39 Å². The maximum absolute atomic E-state index is 13.3. The highest BCUT2D eigenvalue weighted by atomic mass is 19.1. The first-order valence-corrected chi connectivity index (χ1v) is 9.89. The molecule has 0 aliphatic carbocycles. The molecule has 2 atom stereocenters. The van der Waals surface area contributed by atoms with Crippen molar-refractivity contribution in [1.82, 2.24) is 9.88 Å². The third-order valence-electron chi connectivity index (χ3n) is 5.50. The van der Waals surface area contributed by atoms with Gasteiger partial charge in [-0.1, -0.05) is 32.0 Å². The Morgan fingerprint density at radius 1 is 1.18 bits per heavy atom. The molecule has 1 aromatic heterocycles. The second-order valence-corrected chi connectivity index (χ2v) is 7.95. The molecule has 0 spiro atoms. The van der Waals surface area contributed by atoms with Crippen molar-refractivity contribution >= 4 is 10.9 Å². The Balaban J connectivity index is 1.77. The summed E-state index contributed by atoms with van der Waals surface area (Å²) >= 11 is 0. The molecule has 4 rings (SSSR count). The summed E-state index contributed by atoms with van der Waals surface area (Å²) in [6.07, 6.45) is 1.49. The van der Waals surface area contributed by atoms with E-state index in [1.165, 1.54) is 18.1 Å². The van der Waals surface area contributed by atoms with Crippen LogP contribution in [0.3, 0.4) is 0 Å². The van der Waals surface area contributed by atoms with Gasteiger partial charge in [0.05, 0.1) is 17.3 Å². The number of rotatable bonds is 5. The molecule has 1 radical (unpaired) electrons. The lowest BCUT2D eigenvalue weighted by Gasteiger charge is -2.30. The number of likely N-dealkylation sites (tertiary alicyclic amines) is 1. The second kappa shape index (κ2) is 7.98. The van der Waals surface area contributed by atoms with E-state index < -0.39 is 6.10 Å². The standard InChI is InChI=1S/C24H26FN2O/c1-16(2)15-27-13-5-8-23(27)24(28)20-14-22(17-9-11-18(25)12-10-17)26-21-7-4-3-6-19(20)21/h3-4,6-7,9-12,14,23-24,28H,5,8,13,15H2,1-2H3. The molecule has 2 heterocycles. The molecule has 1 aliphatic heterocycles. The van der Waals surface area contributed by atoms with Crippen LogP contribution in [0.15, 0.2) is 54.6 Å². The average molecular weight is 377 g/mol. The van der Waals surface area contributed by atoms with Gasteiger partial charge in [-0.15, -0.1) is 0 Å². The van der Waals surface area contributed by atoms with Gasteiger partial charge in [-0.05, 0) is 67.3 Å². The molecule has 2 unspecified atom stereocenters. The number of hydrogen-bond donors (Lipinski definition) is 1. The van der Waals surface area contributed by atoms with Crippen molar-refractivity contribution in [2.45, 2.75) is 38.8 Å². The maximum atomic E-state index is 13.3. The predicted molar refractivity (Wildman–Crippen MR) is 111 cm³/mol. The summed E-state index contributed by atoms with van der Waals surface area (Å²) in [5, 5.41) is 12.4. The smallest absolute Gasteiger partial charge is 0.123 e. The molecule has 1 fully saturated rings. The van der Waals surface area contributed by atoms with Crippen LogP contribution in [0.2, 0.25) is 0 Å². The fraction of sp³-hybridized carbons (Fsp3) is 0.333. The zero-order valence-corrected chi connectivity index (χ0v) is 16.4. The molecule has 28 heavy (non-hydrogen) atoms. The number of hydrogen-bond acceptors (Lipinski definition) is 3. The Morgan fingerprint density at radius 3 is 2.68 bits per heavy atom. The van der Waals surface area contributed by atoms with Crippen LogP contribution in [0.5, 0.6) is 0 Å². The third-order valence-corrected chi connectivity index (χ3v) is 5.50. The van der Waals surface area contributed by atoms with Gasteiger partial charge in [0.15, 0.2) is 0 Å². The van der Waals surface area contributed by atoms with Crippen molar-refractivity contribution in [3.05, 3.63) is 71.9 Å². The van der Waals surface area contributed by atoms with Gasteiger partial charge >= 0.3 is 0 Å². The van der Waals surface area contributed by atoms with E-state index in [1.54, 1.807) is 12.1 Å².